The highest BCUT2D eigenvalue weighted by atomic mass is 16.6. The Morgan fingerprint density at radius 1 is 1.18 bits per heavy atom. The number of benzene rings is 1. The lowest BCUT2D eigenvalue weighted by molar-refractivity contribution is 0.282. The predicted octanol–water partition coefficient (Wildman–Crippen LogP) is 1.20. The van der Waals surface area contributed by atoms with Crippen LogP contribution >= 0.6 is 0 Å². The molecule has 60 valence electrons. The third-order valence-electron chi connectivity index (χ3n) is 1.23. The first kappa shape index (κ1) is 8.24. The van der Waals surface area contributed by atoms with Crippen molar-refractivity contribution in [3.05, 3.63) is 35.9 Å². The SMILES string of the molecule is C1CO1.OCc1ccccc1. The molecule has 0 amide bonds. The van der Waals surface area contributed by atoms with E-state index >= 15 is 0 Å². The first-order valence-corrected chi connectivity index (χ1v) is 3.66. The Hall–Kier alpha value is -0.860. The van der Waals surface area contributed by atoms with E-state index in [1.54, 1.807) is 0 Å². The van der Waals surface area contributed by atoms with Gasteiger partial charge < -0.3 is 9.84 Å². The Morgan fingerprint density at radius 2 is 1.73 bits per heavy atom. The highest BCUT2D eigenvalue weighted by Crippen LogP contribution is 1.95. The van der Waals surface area contributed by atoms with Crippen LogP contribution in [0.2, 0.25) is 0 Å². The van der Waals surface area contributed by atoms with E-state index in [0.717, 1.165) is 18.8 Å². The van der Waals surface area contributed by atoms with Crippen molar-refractivity contribution in [2.24, 2.45) is 0 Å². The second-order valence-electron chi connectivity index (χ2n) is 2.26. The van der Waals surface area contributed by atoms with Crippen molar-refractivity contribution in [2.75, 3.05) is 13.2 Å². The van der Waals surface area contributed by atoms with Crippen LogP contribution in [0.15, 0.2) is 30.3 Å². The summed E-state index contributed by atoms with van der Waals surface area (Å²) in [6.07, 6.45) is 0. The number of epoxide rings is 1. The van der Waals surface area contributed by atoms with Gasteiger partial charge in [0.05, 0.1) is 19.8 Å². The molecule has 0 unspecified atom stereocenters. The molecule has 0 bridgehead atoms. The molecule has 0 atom stereocenters. The zero-order valence-corrected chi connectivity index (χ0v) is 6.36. The Labute approximate surface area is 66.4 Å². The molecule has 1 aromatic rings. The van der Waals surface area contributed by atoms with Crippen LogP contribution in [0.1, 0.15) is 5.56 Å². The Morgan fingerprint density at radius 3 is 2.00 bits per heavy atom. The van der Waals surface area contributed by atoms with Gasteiger partial charge >= 0.3 is 0 Å². The third kappa shape index (κ3) is 4.53. The molecule has 2 heteroatoms. The van der Waals surface area contributed by atoms with E-state index in [-0.39, 0.29) is 6.61 Å². The second-order valence-corrected chi connectivity index (χ2v) is 2.26. The van der Waals surface area contributed by atoms with Crippen LogP contribution < -0.4 is 0 Å². The van der Waals surface area contributed by atoms with Crippen LogP contribution in [0.25, 0.3) is 0 Å². The molecule has 2 nitrogen and oxygen atoms in total. The lowest BCUT2D eigenvalue weighted by Gasteiger charge is -1.89. The molecule has 1 aliphatic rings. The molecule has 1 aromatic carbocycles. The van der Waals surface area contributed by atoms with E-state index in [9.17, 15) is 0 Å². The van der Waals surface area contributed by atoms with Gasteiger partial charge in [0.15, 0.2) is 0 Å². The predicted molar refractivity (Wildman–Crippen MR) is 43.2 cm³/mol. The summed E-state index contributed by atoms with van der Waals surface area (Å²) in [7, 11) is 0. The summed E-state index contributed by atoms with van der Waals surface area (Å²) in [6, 6.07) is 9.52. The Kier molecular flexibility index (Phi) is 3.65. The highest BCUT2D eigenvalue weighted by molar-refractivity contribution is 5.12. The molecule has 1 fully saturated rings. The minimum Gasteiger partial charge on any atom is -0.392 e. The van der Waals surface area contributed by atoms with Crippen molar-refractivity contribution in [3.8, 4) is 0 Å². The number of hydrogen-bond donors (Lipinski definition) is 1. The smallest absolute Gasteiger partial charge is 0.0701 e. The molecule has 1 heterocycles. The number of ether oxygens (including phenoxy) is 1. The number of rotatable bonds is 1. The molecule has 0 aromatic heterocycles. The van der Waals surface area contributed by atoms with Crippen molar-refractivity contribution < 1.29 is 9.84 Å². The largest absolute Gasteiger partial charge is 0.392 e. The van der Waals surface area contributed by atoms with Gasteiger partial charge in [-0.25, -0.2) is 0 Å². The Bertz CT molecular complexity index is 179. The minimum atomic E-state index is 0.140. The molecular formula is C9H12O2. The van der Waals surface area contributed by atoms with Crippen molar-refractivity contribution in [1.82, 2.24) is 0 Å². The molecule has 1 N–H and O–H groups in total. The molecule has 0 saturated carbocycles. The van der Waals surface area contributed by atoms with E-state index in [0.29, 0.717) is 0 Å². The lowest BCUT2D eigenvalue weighted by Crippen LogP contribution is -1.77. The van der Waals surface area contributed by atoms with Gasteiger partial charge in [0.1, 0.15) is 0 Å². The van der Waals surface area contributed by atoms with Crippen LogP contribution in [0.3, 0.4) is 0 Å². The molecule has 11 heavy (non-hydrogen) atoms. The fourth-order valence-electron chi connectivity index (χ4n) is 0.583. The van der Waals surface area contributed by atoms with Crippen LogP contribution in [0, 0.1) is 0 Å². The van der Waals surface area contributed by atoms with Crippen molar-refractivity contribution in [3.63, 3.8) is 0 Å². The molecule has 2 rings (SSSR count). The molecule has 0 aliphatic carbocycles. The summed E-state index contributed by atoms with van der Waals surface area (Å²) in [4.78, 5) is 0. The zero-order chi connectivity index (χ0) is 7.94. The highest BCUT2D eigenvalue weighted by Gasteiger charge is 1.94. The van der Waals surface area contributed by atoms with Gasteiger partial charge in [0, 0.05) is 0 Å². The summed E-state index contributed by atoms with van der Waals surface area (Å²) in [5.41, 5.74) is 0.965. The number of aliphatic hydroxyl groups is 1. The van der Waals surface area contributed by atoms with Gasteiger partial charge in [-0.05, 0) is 5.56 Å². The quantitative estimate of drug-likeness (QED) is 0.613. The monoisotopic (exact) mass is 152 g/mol. The third-order valence-corrected chi connectivity index (χ3v) is 1.23. The number of hydrogen-bond acceptors (Lipinski definition) is 2. The lowest BCUT2D eigenvalue weighted by atomic mass is 10.2. The number of aliphatic hydroxyl groups excluding tert-OH is 1. The maximum Gasteiger partial charge on any atom is 0.0701 e. The molecule has 0 radical (unpaired) electrons. The summed E-state index contributed by atoms with van der Waals surface area (Å²) in [6.45, 7) is 2.14. The molecular weight excluding hydrogens is 140 g/mol. The van der Waals surface area contributed by atoms with Crippen LogP contribution in [-0.2, 0) is 11.3 Å². The maximum absolute atomic E-state index is 8.54. The first-order chi connectivity index (χ1) is 5.43. The van der Waals surface area contributed by atoms with E-state index in [1.165, 1.54) is 0 Å². The second kappa shape index (κ2) is 4.88. The van der Waals surface area contributed by atoms with Crippen molar-refractivity contribution in [1.29, 1.82) is 0 Å². The van der Waals surface area contributed by atoms with Crippen LogP contribution in [0.4, 0.5) is 0 Å². The van der Waals surface area contributed by atoms with E-state index in [1.807, 2.05) is 30.3 Å². The topological polar surface area (TPSA) is 32.8 Å². The maximum atomic E-state index is 8.54. The summed E-state index contributed by atoms with van der Waals surface area (Å²) >= 11 is 0. The molecule has 1 aliphatic heterocycles. The summed E-state index contributed by atoms with van der Waals surface area (Å²) in [5, 5.41) is 8.54. The molecule has 1 saturated heterocycles. The first-order valence-electron chi connectivity index (χ1n) is 3.66. The zero-order valence-electron chi connectivity index (χ0n) is 6.36. The minimum absolute atomic E-state index is 0.140. The van der Waals surface area contributed by atoms with Gasteiger partial charge in [-0.1, -0.05) is 30.3 Å². The summed E-state index contributed by atoms with van der Waals surface area (Å²) < 4.78 is 4.50. The van der Waals surface area contributed by atoms with Crippen LogP contribution in [-0.4, -0.2) is 18.3 Å². The van der Waals surface area contributed by atoms with Crippen LogP contribution in [0.5, 0.6) is 0 Å². The van der Waals surface area contributed by atoms with E-state index in [2.05, 4.69) is 4.74 Å². The van der Waals surface area contributed by atoms with Crippen molar-refractivity contribution in [2.45, 2.75) is 6.61 Å². The fourth-order valence-corrected chi connectivity index (χ4v) is 0.583. The van der Waals surface area contributed by atoms with Gasteiger partial charge in [-0.3, -0.25) is 0 Å². The Balaban J connectivity index is 0.000000167. The average Bonchev–Trinajstić information content (AvgIpc) is 2.92. The summed E-state index contributed by atoms with van der Waals surface area (Å²) in [5.74, 6) is 0. The normalized spacial score (nSPS) is 13.2. The molecule has 0 spiro atoms. The van der Waals surface area contributed by atoms with Gasteiger partial charge in [-0.2, -0.15) is 0 Å². The van der Waals surface area contributed by atoms with Crippen molar-refractivity contribution >= 4 is 0 Å². The fraction of sp³-hybridized carbons (Fsp3) is 0.333. The van der Waals surface area contributed by atoms with E-state index in [4.69, 9.17) is 5.11 Å². The standard InChI is InChI=1S/C7H8O.C2H4O/c8-6-7-4-2-1-3-5-7;1-2-3-1/h1-5,8H,6H2;1-2H2. The van der Waals surface area contributed by atoms with Gasteiger partial charge in [0.2, 0.25) is 0 Å². The van der Waals surface area contributed by atoms with Gasteiger partial charge in [0.25, 0.3) is 0 Å². The van der Waals surface area contributed by atoms with E-state index < -0.39 is 0 Å². The van der Waals surface area contributed by atoms with Gasteiger partial charge in [-0.15, -0.1) is 0 Å². The average molecular weight is 152 g/mol.